The van der Waals surface area contributed by atoms with Gasteiger partial charge in [0.1, 0.15) is 0 Å². The highest BCUT2D eigenvalue weighted by atomic mass is 14.1. The fourth-order valence-corrected chi connectivity index (χ4v) is 2.44. The fourth-order valence-electron chi connectivity index (χ4n) is 2.44. The van der Waals surface area contributed by atoms with E-state index in [-0.39, 0.29) is 0 Å². The maximum atomic E-state index is 2.36. The number of allylic oxidation sites excluding steroid dienone is 4. The van der Waals surface area contributed by atoms with E-state index in [2.05, 4.69) is 57.2 Å². The van der Waals surface area contributed by atoms with Gasteiger partial charge in [-0.25, -0.2) is 0 Å². The van der Waals surface area contributed by atoms with Gasteiger partial charge in [-0.1, -0.05) is 60.1 Å². The molecular weight excluding hydrogens is 192 g/mol. The van der Waals surface area contributed by atoms with Crippen LogP contribution in [0.25, 0.3) is 0 Å². The summed E-state index contributed by atoms with van der Waals surface area (Å²) in [5.41, 5.74) is 5.75. The molecular formula is C16H20. The first-order valence-corrected chi connectivity index (χ1v) is 6.07. The number of aryl methyl sites for hydroxylation is 1. The van der Waals surface area contributed by atoms with E-state index in [1.807, 2.05) is 0 Å². The molecule has 0 amide bonds. The van der Waals surface area contributed by atoms with E-state index >= 15 is 0 Å². The summed E-state index contributed by atoms with van der Waals surface area (Å²) in [5, 5.41) is 0. The third-order valence-electron chi connectivity index (χ3n) is 3.12. The zero-order valence-electron chi connectivity index (χ0n) is 10.5. The fraction of sp³-hybridized carbons (Fsp3) is 0.375. The van der Waals surface area contributed by atoms with Gasteiger partial charge in [-0.15, -0.1) is 0 Å². The molecule has 1 atom stereocenters. The topological polar surface area (TPSA) is 0 Å². The van der Waals surface area contributed by atoms with Crippen molar-refractivity contribution in [2.24, 2.45) is 5.92 Å². The maximum Gasteiger partial charge on any atom is -0.00637 e. The Morgan fingerprint density at radius 1 is 1.12 bits per heavy atom. The van der Waals surface area contributed by atoms with E-state index in [0.29, 0.717) is 5.92 Å². The highest BCUT2D eigenvalue weighted by Gasteiger charge is 2.09. The van der Waals surface area contributed by atoms with Crippen molar-refractivity contribution >= 4 is 0 Å². The van der Waals surface area contributed by atoms with E-state index in [1.165, 1.54) is 23.1 Å². The van der Waals surface area contributed by atoms with Gasteiger partial charge in [-0.05, 0) is 38.2 Å². The molecule has 0 saturated carbocycles. The van der Waals surface area contributed by atoms with Gasteiger partial charge in [0.15, 0.2) is 0 Å². The summed E-state index contributed by atoms with van der Waals surface area (Å²) < 4.78 is 0. The van der Waals surface area contributed by atoms with Crippen molar-refractivity contribution in [3.63, 3.8) is 0 Å². The average Bonchev–Trinajstić information content (AvgIpc) is 2.20. The van der Waals surface area contributed by atoms with Crippen LogP contribution in [0, 0.1) is 12.8 Å². The Bertz CT molecular complexity index is 418. The van der Waals surface area contributed by atoms with Crippen molar-refractivity contribution in [3.8, 4) is 0 Å². The molecule has 0 radical (unpaired) electrons. The molecule has 0 fully saturated rings. The zero-order valence-corrected chi connectivity index (χ0v) is 10.5. The summed E-state index contributed by atoms with van der Waals surface area (Å²) in [4.78, 5) is 0. The Morgan fingerprint density at radius 2 is 1.81 bits per heavy atom. The molecule has 16 heavy (non-hydrogen) atoms. The van der Waals surface area contributed by atoms with Crippen LogP contribution in [-0.2, 0) is 6.42 Å². The van der Waals surface area contributed by atoms with Crippen molar-refractivity contribution in [2.75, 3.05) is 0 Å². The van der Waals surface area contributed by atoms with Gasteiger partial charge in [0.05, 0.1) is 0 Å². The third-order valence-corrected chi connectivity index (χ3v) is 3.12. The molecule has 1 aliphatic carbocycles. The SMILES string of the molecule is CC1=CC(C)CC(Cc2ccc(C)cc2)=C1. The smallest absolute Gasteiger partial charge is 0.00637 e. The van der Waals surface area contributed by atoms with Crippen LogP contribution in [0.15, 0.2) is 47.6 Å². The van der Waals surface area contributed by atoms with Gasteiger partial charge in [0, 0.05) is 0 Å². The van der Waals surface area contributed by atoms with Gasteiger partial charge < -0.3 is 0 Å². The lowest BCUT2D eigenvalue weighted by atomic mass is 9.89. The Hall–Kier alpha value is -1.30. The van der Waals surface area contributed by atoms with E-state index < -0.39 is 0 Å². The second-order valence-electron chi connectivity index (χ2n) is 5.06. The highest BCUT2D eigenvalue weighted by Crippen LogP contribution is 2.24. The molecule has 0 spiro atoms. The first kappa shape index (κ1) is 11.2. The first-order chi connectivity index (χ1) is 7.63. The number of benzene rings is 1. The maximum absolute atomic E-state index is 2.36. The minimum Gasteiger partial charge on any atom is -0.0784 e. The van der Waals surface area contributed by atoms with Crippen molar-refractivity contribution in [1.82, 2.24) is 0 Å². The van der Waals surface area contributed by atoms with Crippen molar-refractivity contribution in [2.45, 2.75) is 33.6 Å². The summed E-state index contributed by atoms with van der Waals surface area (Å²) >= 11 is 0. The van der Waals surface area contributed by atoms with Crippen LogP contribution < -0.4 is 0 Å². The van der Waals surface area contributed by atoms with E-state index in [0.717, 1.165) is 6.42 Å². The van der Waals surface area contributed by atoms with Crippen molar-refractivity contribution in [1.29, 1.82) is 0 Å². The summed E-state index contributed by atoms with van der Waals surface area (Å²) in [5.74, 6) is 0.699. The lowest BCUT2D eigenvalue weighted by Crippen LogP contribution is -2.02. The minimum absolute atomic E-state index is 0.699. The average molecular weight is 212 g/mol. The van der Waals surface area contributed by atoms with Crippen LogP contribution in [0.3, 0.4) is 0 Å². The minimum atomic E-state index is 0.699. The Kier molecular flexibility index (Phi) is 3.28. The second-order valence-corrected chi connectivity index (χ2v) is 5.06. The molecule has 0 N–H and O–H groups in total. The van der Waals surface area contributed by atoms with E-state index in [4.69, 9.17) is 0 Å². The summed E-state index contributed by atoms with van der Waals surface area (Å²) in [6, 6.07) is 8.89. The standard InChI is InChI=1S/C16H20/c1-12-4-6-15(7-5-12)11-16-9-13(2)8-14(3)10-16/h4-9,14H,10-11H2,1-3H3. The molecule has 0 heteroatoms. The molecule has 0 aliphatic heterocycles. The largest absolute Gasteiger partial charge is 0.0784 e. The van der Waals surface area contributed by atoms with Crippen LogP contribution >= 0.6 is 0 Å². The van der Waals surface area contributed by atoms with Gasteiger partial charge in [-0.3, -0.25) is 0 Å². The van der Waals surface area contributed by atoms with Gasteiger partial charge in [0.25, 0.3) is 0 Å². The number of hydrogen-bond donors (Lipinski definition) is 0. The molecule has 1 aromatic rings. The number of rotatable bonds is 2. The van der Waals surface area contributed by atoms with Crippen molar-refractivity contribution < 1.29 is 0 Å². The van der Waals surface area contributed by atoms with E-state index in [9.17, 15) is 0 Å². The third kappa shape index (κ3) is 2.85. The van der Waals surface area contributed by atoms with Crippen molar-refractivity contribution in [3.05, 3.63) is 58.7 Å². The van der Waals surface area contributed by atoms with Gasteiger partial charge >= 0.3 is 0 Å². The normalized spacial score (nSPS) is 20.3. The molecule has 0 heterocycles. The molecule has 0 nitrogen and oxygen atoms in total. The Labute approximate surface area is 98.7 Å². The monoisotopic (exact) mass is 212 g/mol. The zero-order chi connectivity index (χ0) is 11.5. The van der Waals surface area contributed by atoms with Crippen LogP contribution in [0.2, 0.25) is 0 Å². The quantitative estimate of drug-likeness (QED) is 0.679. The predicted octanol–water partition coefficient (Wildman–Crippen LogP) is 4.45. The van der Waals surface area contributed by atoms with Gasteiger partial charge in [-0.2, -0.15) is 0 Å². The lowest BCUT2D eigenvalue weighted by Gasteiger charge is -2.17. The van der Waals surface area contributed by atoms with Crippen LogP contribution in [0.5, 0.6) is 0 Å². The van der Waals surface area contributed by atoms with Crippen LogP contribution in [-0.4, -0.2) is 0 Å². The van der Waals surface area contributed by atoms with E-state index in [1.54, 1.807) is 5.57 Å². The molecule has 2 rings (SSSR count). The summed E-state index contributed by atoms with van der Waals surface area (Å²) in [6.45, 7) is 6.63. The summed E-state index contributed by atoms with van der Waals surface area (Å²) in [7, 11) is 0. The molecule has 1 aromatic carbocycles. The molecule has 84 valence electrons. The Balaban J connectivity index is 2.10. The highest BCUT2D eigenvalue weighted by molar-refractivity contribution is 5.32. The molecule has 1 unspecified atom stereocenters. The molecule has 1 aliphatic rings. The first-order valence-electron chi connectivity index (χ1n) is 6.07. The van der Waals surface area contributed by atoms with Crippen LogP contribution in [0.4, 0.5) is 0 Å². The lowest BCUT2D eigenvalue weighted by molar-refractivity contribution is 0.686. The second kappa shape index (κ2) is 4.69. The molecule has 0 bridgehead atoms. The van der Waals surface area contributed by atoms with Gasteiger partial charge in [0.2, 0.25) is 0 Å². The summed E-state index contributed by atoms with van der Waals surface area (Å²) in [6.07, 6.45) is 7.03. The number of hydrogen-bond acceptors (Lipinski definition) is 0. The molecule has 0 saturated heterocycles. The molecule has 0 aromatic heterocycles. The van der Waals surface area contributed by atoms with Crippen LogP contribution in [0.1, 0.15) is 31.4 Å². The Morgan fingerprint density at radius 3 is 2.44 bits per heavy atom. The predicted molar refractivity (Wildman–Crippen MR) is 70.5 cm³/mol.